The predicted molar refractivity (Wildman–Crippen MR) is 89.1 cm³/mol. The molecule has 23 heavy (non-hydrogen) atoms. The monoisotopic (exact) mass is 308 g/mol. The van der Waals surface area contributed by atoms with Gasteiger partial charge in [0.1, 0.15) is 5.82 Å². The van der Waals surface area contributed by atoms with Crippen molar-refractivity contribution in [3.8, 4) is 0 Å². The number of fused-ring (bicyclic) bond motifs is 2. The van der Waals surface area contributed by atoms with Crippen LogP contribution in [0.3, 0.4) is 0 Å². The normalized spacial score (nSPS) is 13.9. The number of H-pyrrole nitrogens is 2. The maximum Gasteiger partial charge on any atom is 0.224 e. The van der Waals surface area contributed by atoms with Gasteiger partial charge in [0.15, 0.2) is 0 Å². The second kappa shape index (κ2) is 5.91. The van der Waals surface area contributed by atoms with Crippen LogP contribution < -0.4 is 5.32 Å². The third kappa shape index (κ3) is 2.86. The van der Waals surface area contributed by atoms with E-state index in [0.717, 1.165) is 35.1 Å². The maximum absolute atomic E-state index is 12.2. The van der Waals surface area contributed by atoms with Crippen LogP contribution in [0.25, 0.3) is 10.9 Å². The Labute approximate surface area is 134 Å². The minimum absolute atomic E-state index is 0.0177. The van der Waals surface area contributed by atoms with Crippen LogP contribution in [-0.2, 0) is 30.6 Å². The first kappa shape index (κ1) is 14.1. The third-order valence-corrected chi connectivity index (χ3v) is 4.48. The van der Waals surface area contributed by atoms with E-state index < -0.39 is 0 Å². The fourth-order valence-electron chi connectivity index (χ4n) is 3.29. The van der Waals surface area contributed by atoms with Crippen LogP contribution in [-0.4, -0.2) is 20.9 Å². The summed E-state index contributed by atoms with van der Waals surface area (Å²) in [6.45, 7) is 0.466. The van der Waals surface area contributed by atoms with Crippen LogP contribution >= 0.6 is 0 Å². The number of carbonyl (C=O) groups is 1. The number of imidazole rings is 1. The van der Waals surface area contributed by atoms with Gasteiger partial charge in [-0.3, -0.25) is 4.79 Å². The van der Waals surface area contributed by atoms with Gasteiger partial charge in [-0.15, -0.1) is 0 Å². The number of hydrogen-bond acceptors (Lipinski definition) is 2. The van der Waals surface area contributed by atoms with Crippen molar-refractivity contribution in [3.63, 3.8) is 0 Å². The predicted octanol–water partition coefficient (Wildman–Crippen LogP) is 2.63. The first-order valence-corrected chi connectivity index (χ1v) is 8.18. The second-order valence-corrected chi connectivity index (χ2v) is 6.13. The first-order valence-electron chi connectivity index (χ1n) is 8.18. The summed E-state index contributed by atoms with van der Waals surface area (Å²) in [5.41, 5.74) is 4.51. The summed E-state index contributed by atoms with van der Waals surface area (Å²) in [6, 6.07) is 8.03. The van der Waals surface area contributed by atoms with E-state index in [2.05, 4.69) is 20.3 Å². The average molecular weight is 308 g/mol. The molecule has 0 atom stereocenters. The Kier molecular flexibility index (Phi) is 3.61. The molecule has 1 aromatic carbocycles. The summed E-state index contributed by atoms with van der Waals surface area (Å²) in [6.07, 6.45) is 6.85. The van der Waals surface area contributed by atoms with E-state index in [1.54, 1.807) is 0 Å². The lowest BCUT2D eigenvalue weighted by molar-refractivity contribution is -0.120. The molecule has 0 unspecified atom stereocenters. The molecule has 0 saturated heterocycles. The van der Waals surface area contributed by atoms with Crippen LogP contribution in [0.1, 0.15) is 35.6 Å². The van der Waals surface area contributed by atoms with Crippen LogP contribution in [0.15, 0.2) is 30.5 Å². The van der Waals surface area contributed by atoms with Crippen LogP contribution in [0.5, 0.6) is 0 Å². The molecule has 1 aliphatic rings. The number of carbonyl (C=O) groups excluding carboxylic acids is 1. The van der Waals surface area contributed by atoms with Crippen molar-refractivity contribution in [3.05, 3.63) is 53.2 Å². The third-order valence-electron chi connectivity index (χ3n) is 4.48. The van der Waals surface area contributed by atoms with E-state index in [0.29, 0.717) is 13.0 Å². The first-order chi connectivity index (χ1) is 11.3. The molecule has 0 saturated carbocycles. The number of aryl methyl sites for hydroxylation is 2. The van der Waals surface area contributed by atoms with Gasteiger partial charge in [-0.2, -0.15) is 0 Å². The van der Waals surface area contributed by atoms with E-state index in [4.69, 9.17) is 0 Å². The fourth-order valence-corrected chi connectivity index (χ4v) is 3.29. The molecule has 0 bridgehead atoms. The number of nitrogens with zero attached hydrogens (tertiary/aromatic N) is 1. The highest BCUT2D eigenvalue weighted by Gasteiger charge is 2.15. The average Bonchev–Trinajstić information content (AvgIpc) is 3.17. The molecule has 0 spiro atoms. The van der Waals surface area contributed by atoms with E-state index in [1.807, 2.05) is 30.5 Å². The van der Waals surface area contributed by atoms with E-state index in [9.17, 15) is 4.79 Å². The fraction of sp³-hybridized carbons (Fsp3) is 0.333. The summed E-state index contributed by atoms with van der Waals surface area (Å²) in [4.78, 5) is 23.3. The zero-order chi connectivity index (χ0) is 15.6. The zero-order valence-corrected chi connectivity index (χ0v) is 13.0. The molecule has 0 aliphatic heterocycles. The van der Waals surface area contributed by atoms with Gasteiger partial charge in [-0.1, -0.05) is 18.2 Å². The number of hydrogen-bond donors (Lipinski definition) is 3. The summed E-state index contributed by atoms with van der Waals surface area (Å²) in [5.74, 6) is 0.883. The van der Waals surface area contributed by atoms with Gasteiger partial charge in [-0.05, 0) is 37.3 Å². The van der Waals surface area contributed by atoms with Crippen molar-refractivity contribution in [1.29, 1.82) is 0 Å². The van der Waals surface area contributed by atoms with Crippen molar-refractivity contribution in [2.45, 2.75) is 38.6 Å². The minimum atomic E-state index is 0.0177. The molecule has 2 aromatic heterocycles. The molecule has 0 radical (unpaired) electrons. The molecule has 5 nitrogen and oxygen atoms in total. The molecule has 2 heterocycles. The summed E-state index contributed by atoms with van der Waals surface area (Å²) < 4.78 is 0. The van der Waals surface area contributed by atoms with Gasteiger partial charge < -0.3 is 15.3 Å². The van der Waals surface area contributed by atoms with Crippen molar-refractivity contribution in [2.75, 3.05) is 0 Å². The van der Waals surface area contributed by atoms with Gasteiger partial charge in [0.25, 0.3) is 0 Å². The molecule has 118 valence electrons. The molecule has 5 heteroatoms. The van der Waals surface area contributed by atoms with E-state index in [-0.39, 0.29) is 5.91 Å². The largest absolute Gasteiger partial charge is 0.361 e. The SMILES string of the molecule is O=C(Cc1c[nH]c2ccccc12)NCc1nc2c([nH]1)CCCC2. The Morgan fingerprint density at radius 3 is 3.00 bits per heavy atom. The lowest BCUT2D eigenvalue weighted by atomic mass is 10.0. The van der Waals surface area contributed by atoms with Crippen molar-refractivity contribution in [1.82, 2.24) is 20.3 Å². The number of para-hydroxylation sites is 1. The Bertz CT molecular complexity index is 822. The number of amides is 1. The molecule has 1 amide bonds. The molecule has 4 rings (SSSR count). The van der Waals surface area contributed by atoms with Crippen molar-refractivity contribution in [2.24, 2.45) is 0 Å². The van der Waals surface area contributed by atoms with E-state index in [1.165, 1.54) is 24.2 Å². The Hall–Kier alpha value is -2.56. The minimum Gasteiger partial charge on any atom is -0.361 e. The van der Waals surface area contributed by atoms with Gasteiger partial charge in [-0.25, -0.2) is 4.98 Å². The molecule has 1 aliphatic carbocycles. The number of aromatic amines is 2. The van der Waals surface area contributed by atoms with Crippen molar-refractivity contribution < 1.29 is 4.79 Å². The van der Waals surface area contributed by atoms with Gasteiger partial charge in [0.05, 0.1) is 18.7 Å². The summed E-state index contributed by atoms with van der Waals surface area (Å²) in [5, 5.41) is 4.07. The van der Waals surface area contributed by atoms with Gasteiger partial charge >= 0.3 is 0 Å². The lowest BCUT2D eigenvalue weighted by Crippen LogP contribution is -2.25. The van der Waals surface area contributed by atoms with Gasteiger partial charge in [0.2, 0.25) is 5.91 Å². The molecule has 3 N–H and O–H groups in total. The van der Waals surface area contributed by atoms with E-state index >= 15 is 0 Å². The van der Waals surface area contributed by atoms with Crippen LogP contribution in [0, 0.1) is 0 Å². The topological polar surface area (TPSA) is 73.6 Å². The molecule has 0 fully saturated rings. The van der Waals surface area contributed by atoms with Crippen LogP contribution in [0.4, 0.5) is 0 Å². The Morgan fingerprint density at radius 2 is 2.09 bits per heavy atom. The highest BCUT2D eigenvalue weighted by molar-refractivity contribution is 5.88. The highest BCUT2D eigenvalue weighted by Crippen LogP contribution is 2.19. The highest BCUT2D eigenvalue weighted by atomic mass is 16.1. The number of rotatable bonds is 4. The standard InChI is InChI=1S/C18H20N4O/c23-18(9-12-10-19-14-6-2-1-5-13(12)14)20-11-17-21-15-7-3-4-8-16(15)22-17/h1-2,5-6,10,19H,3-4,7-9,11H2,(H,20,23)(H,21,22). The number of nitrogens with one attached hydrogen (secondary N) is 3. The second-order valence-electron chi connectivity index (χ2n) is 6.13. The van der Waals surface area contributed by atoms with Crippen LogP contribution in [0.2, 0.25) is 0 Å². The smallest absolute Gasteiger partial charge is 0.224 e. The number of aromatic nitrogens is 3. The molecule has 3 aromatic rings. The summed E-state index contributed by atoms with van der Waals surface area (Å²) >= 11 is 0. The lowest BCUT2D eigenvalue weighted by Gasteiger charge is -2.07. The zero-order valence-electron chi connectivity index (χ0n) is 13.0. The maximum atomic E-state index is 12.2. The molecular weight excluding hydrogens is 288 g/mol. The van der Waals surface area contributed by atoms with Crippen molar-refractivity contribution >= 4 is 16.8 Å². The Morgan fingerprint density at radius 1 is 1.22 bits per heavy atom. The quantitative estimate of drug-likeness (QED) is 0.693. The Balaban J connectivity index is 1.39. The number of benzene rings is 1. The van der Waals surface area contributed by atoms with Gasteiger partial charge in [0, 0.05) is 22.8 Å². The summed E-state index contributed by atoms with van der Waals surface area (Å²) in [7, 11) is 0. The molecular formula is C18H20N4O.